The molecule has 0 saturated carbocycles. The van der Waals surface area contributed by atoms with Crippen LogP contribution in [0.5, 0.6) is 5.75 Å². The van der Waals surface area contributed by atoms with E-state index in [2.05, 4.69) is 15.5 Å². The molecule has 0 bridgehead atoms. The summed E-state index contributed by atoms with van der Waals surface area (Å²) in [5.41, 5.74) is 0.822. The van der Waals surface area contributed by atoms with E-state index < -0.39 is 4.92 Å². The first-order valence-corrected chi connectivity index (χ1v) is 10.2. The predicted octanol–water partition coefficient (Wildman–Crippen LogP) is 4.17. The van der Waals surface area contributed by atoms with Crippen molar-refractivity contribution in [3.05, 3.63) is 57.6 Å². The molecular weight excluding hydrogens is 430 g/mol. The van der Waals surface area contributed by atoms with E-state index in [1.165, 1.54) is 30.0 Å². The molecule has 0 aliphatic carbocycles. The van der Waals surface area contributed by atoms with Gasteiger partial charge in [0.15, 0.2) is 11.0 Å². The van der Waals surface area contributed by atoms with Gasteiger partial charge in [0.1, 0.15) is 5.75 Å². The summed E-state index contributed by atoms with van der Waals surface area (Å²) in [6.45, 7) is 2.43. The van der Waals surface area contributed by atoms with Crippen molar-refractivity contribution in [2.75, 3.05) is 17.7 Å². The minimum atomic E-state index is -0.554. The number of non-ortho nitro benzene ring substituents is 1. The minimum Gasteiger partial charge on any atom is -0.493 e. The van der Waals surface area contributed by atoms with Crippen LogP contribution in [0.2, 0.25) is 5.02 Å². The van der Waals surface area contributed by atoms with Crippen LogP contribution in [-0.2, 0) is 11.8 Å². The Hall–Kier alpha value is -3.11. The van der Waals surface area contributed by atoms with Crippen LogP contribution in [0.25, 0.3) is 11.4 Å². The fraction of sp³-hybridized carbons (Fsp3) is 0.211. The van der Waals surface area contributed by atoms with Gasteiger partial charge in [-0.3, -0.25) is 14.9 Å². The molecule has 0 saturated heterocycles. The van der Waals surface area contributed by atoms with E-state index in [1.807, 2.05) is 31.2 Å². The number of para-hydroxylation sites is 1. The highest BCUT2D eigenvalue weighted by molar-refractivity contribution is 7.99. The third-order valence-electron chi connectivity index (χ3n) is 4.03. The molecule has 1 heterocycles. The normalized spacial score (nSPS) is 10.6. The molecule has 9 nitrogen and oxygen atoms in total. The van der Waals surface area contributed by atoms with Crippen LogP contribution in [0, 0.1) is 10.1 Å². The van der Waals surface area contributed by atoms with Gasteiger partial charge in [-0.2, -0.15) is 0 Å². The van der Waals surface area contributed by atoms with Gasteiger partial charge in [0.25, 0.3) is 5.69 Å². The summed E-state index contributed by atoms with van der Waals surface area (Å²) in [5.74, 6) is 0.966. The maximum Gasteiger partial charge on any atom is 0.271 e. The largest absolute Gasteiger partial charge is 0.493 e. The third kappa shape index (κ3) is 4.89. The lowest BCUT2D eigenvalue weighted by atomic mass is 10.2. The molecule has 3 aromatic rings. The van der Waals surface area contributed by atoms with Crippen molar-refractivity contribution in [3.63, 3.8) is 0 Å². The average molecular weight is 448 g/mol. The second-order valence-corrected chi connectivity index (χ2v) is 7.40. The average Bonchev–Trinajstić information content (AvgIpc) is 3.09. The number of hydrogen-bond acceptors (Lipinski definition) is 7. The van der Waals surface area contributed by atoms with E-state index in [0.29, 0.717) is 23.3 Å². The third-order valence-corrected chi connectivity index (χ3v) is 5.38. The van der Waals surface area contributed by atoms with Gasteiger partial charge in [-0.05, 0) is 25.1 Å². The quantitative estimate of drug-likeness (QED) is 0.313. The first kappa shape index (κ1) is 21.6. The van der Waals surface area contributed by atoms with Gasteiger partial charge in [0.2, 0.25) is 5.91 Å². The van der Waals surface area contributed by atoms with Gasteiger partial charge < -0.3 is 14.6 Å². The highest BCUT2D eigenvalue weighted by Gasteiger charge is 2.17. The number of rotatable bonds is 8. The summed E-state index contributed by atoms with van der Waals surface area (Å²) in [6.07, 6.45) is 0. The molecule has 0 radical (unpaired) electrons. The second-order valence-electron chi connectivity index (χ2n) is 6.05. The van der Waals surface area contributed by atoms with Crippen LogP contribution < -0.4 is 10.1 Å². The van der Waals surface area contributed by atoms with Crippen LogP contribution in [0.3, 0.4) is 0 Å². The molecule has 156 valence electrons. The number of anilines is 1. The number of benzene rings is 2. The first-order chi connectivity index (χ1) is 14.4. The molecular formula is C19H18ClN5O4S. The fourth-order valence-electron chi connectivity index (χ4n) is 2.65. The number of nitrogens with zero attached hydrogens (tertiary/aromatic N) is 4. The van der Waals surface area contributed by atoms with Crippen molar-refractivity contribution in [1.29, 1.82) is 0 Å². The molecule has 0 fully saturated rings. The monoisotopic (exact) mass is 447 g/mol. The smallest absolute Gasteiger partial charge is 0.271 e. The highest BCUT2D eigenvalue weighted by Crippen LogP contribution is 2.31. The molecule has 0 aliphatic heterocycles. The van der Waals surface area contributed by atoms with E-state index >= 15 is 0 Å². The molecule has 2 aromatic carbocycles. The zero-order valence-corrected chi connectivity index (χ0v) is 17.7. The number of amides is 1. The molecule has 0 unspecified atom stereocenters. The van der Waals surface area contributed by atoms with E-state index in [0.717, 1.165) is 5.56 Å². The molecule has 1 N–H and O–H groups in total. The number of thioether (sulfide) groups is 1. The van der Waals surface area contributed by atoms with Crippen LogP contribution in [0.1, 0.15) is 6.92 Å². The second kappa shape index (κ2) is 9.59. The molecule has 1 amide bonds. The molecule has 1 aromatic heterocycles. The lowest BCUT2D eigenvalue weighted by Gasteiger charge is -2.10. The number of carbonyl (C=O) groups is 1. The number of ether oxygens (including phenoxy) is 1. The molecule has 0 atom stereocenters. The maximum absolute atomic E-state index is 12.3. The Morgan fingerprint density at radius 1 is 1.30 bits per heavy atom. The molecule has 0 spiro atoms. The van der Waals surface area contributed by atoms with Gasteiger partial charge in [-0.1, -0.05) is 35.5 Å². The molecule has 11 heteroatoms. The van der Waals surface area contributed by atoms with Crippen LogP contribution >= 0.6 is 23.4 Å². The molecule has 0 aliphatic rings. The number of carbonyl (C=O) groups excluding carboxylic acids is 1. The number of aromatic nitrogens is 3. The van der Waals surface area contributed by atoms with Crippen LogP contribution in [0.4, 0.5) is 11.4 Å². The fourth-order valence-corrected chi connectivity index (χ4v) is 3.52. The Kier molecular flexibility index (Phi) is 6.91. The van der Waals surface area contributed by atoms with E-state index in [1.54, 1.807) is 11.6 Å². The van der Waals surface area contributed by atoms with Crippen molar-refractivity contribution < 1.29 is 14.5 Å². The van der Waals surface area contributed by atoms with E-state index in [4.69, 9.17) is 16.3 Å². The van der Waals surface area contributed by atoms with Crippen molar-refractivity contribution in [2.45, 2.75) is 12.1 Å². The summed E-state index contributed by atoms with van der Waals surface area (Å²) >= 11 is 7.20. The summed E-state index contributed by atoms with van der Waals surface area (Å²) in [7, 11) is 1.80. The van der Waals surface area contributed by atoms with Gasteiger partial charge in [-0.25, -0.2) is 0 Å². The van der Waals surface area contributed by atoms with Crippen molar-refractivity contribution in [1.82, 2.24) is 14.8 Å². The van der Waals surface area contributed by atoms with Gasteiger partial charge in [0.05, 0.1) is 33.6 Å². The Bertz CT molecular complexity index is 1090. The van der Waals surface area contributed by atoms with Gasteiger partial charge >= 0.3 is 0 Å². The lowest BCUT2D eigenvalue weighted by Crippen LogP contribution is -2.15. The Balaban J connectivity index is 1.70. The van der Waals surface area contributed by atoms with Crippen molar-refractivity contribution in [2.24, 2.45) is 7.05 Å². The Morgan fingerprint density at radius 3 is 2.80 bits per heavy atom. The zero-order valence-electron chi connectivity index (χ0n) is 16.2. The molecule has 30 heavy (non-hydrogen) atoms. The minimum absolute atomic E-state index is 0.0259. The summed E-state index contributed by atoms with van der Waals surface area (Å²) in [5, 5.41) is 22.6. The standard InChI is InChI=1S/C19H18ClN5O4S/c1-3-29-16-7-5-4-6-13(16)18-22-23-19(24(18)2)30-11-17(26)21-15-10-12(25(27)28)8-9-14(15)20/h4-10H,3,11H2,1-2H3,(H,21,26). The van der Waals surface area contributed by atoms with Gasteiger partial charge in [0, 0.05) is 19.2 Å². The van der Waals surface area contributed by atoms with Crippen LogP contribution in [-0.4, -0.2) is 38.0 Å². The maximum atomic E-state index is 12.3. The van der Waals surface area contributed by atoms with Crippen LogP contribution in [0.15, 0.2) is 47.6 Å². The molecule has 3 rings (SSSR count). The zero-order chi connectivity index (χ0) is 21.7. The topological polar surface area (TPSA) is 112 Å². The Labute approximate surface area is 181 Å². The number of nitro groups is 1. The van der Waals surface area contributed by atoms with E-state index in [9.17, 15) is 14.9 Å². The predicted molar refractivity (Wildman–Crippen MR) is 115 cm³/mol. The van der Waals surface area contributed by atoms with Crippen molar-refractivity contribution in [3.8, 4) is 17.1 Å². The van der Waals surface area contributed by atoms with Crippen molar-refractivity contribution >= 4 is 40.6 Å². The Morgan fingerprint density at radius 2 is 2.07 bits per heavy atom. The highest BCUT2D eigenvalue weighted by atomic mass is 35.5. The SMILES string of the molecule is CCOc1ccccc1-c1nnc(SCC(=O)Nc2cc([N+](=O)[O-])ccc2Cl)n1C. The number of nitro benzene ring substituents is 1. The van der Waals surface area contributed by atoms with E-state index in [-0.39, 0.29) is 28.1 Å². The number of nitrogens with one attached hydrogen (secondary N) is 1. The lowest BCUT2D eigenvalue weighted by molar-refractivity contribution is -0.384. The first-order valence-electron chi connectivity index (χ1n) is 8.89. The summed E-state index contributed by atoms with van der Waals surface area (Å²) in [4.78, 5) is 22.7. The summed E-state index contributed by atoms with van der Waals surface area (Å²) in [6, 6.07) is 11.4. The number of halogens is 1. The van der Waals surface area contributed by atoms with Gasteiger partial charge in [-0.15, -0.1) is 10.2 Å². The number of hydrogen-bond donors (Lipinski definition) is 1. The summed E-state index contributed by atoms with van der Waals surface area (Å²) < 4.78 is 7.42.